The van der Waals surface area contributed by atoms with Crippen LogP contribution in [0.15, 0.2) is 36.9 Å². The number of nitrogens with one attached hydrogen (secondary N) is 1. The van der Waals surface area contributed by atoms with E-state index in [1.165, 1.54) is 12.4 Å². The molecule has 2 aromatic heterocycles. The van der Waals surface area contributed by atoms with Crippen LogP contribution in [0.25, 0.3) is 0 Å². The van der Waals surface area contributed by atoms with Crippen LogP contribution in [0, 0.1) is 0 Å². The Bertz CT molecular complexity index is 530. The molecule has 2 rings (SSSR count). The highest BCUT2D eigenvalue weighted by Gasteiger charge is 2.12. The summed E-state index contributed by atoms with van der Waals surface area (Å²) in [6, 6.07) is 3.56. The maximum absolute atomic E-state index is 11.9. The lowest BCUT2D eigenvalue weighted by Gasteiger charge is -2.13. The highest BCUT2D eigenvalue weighted by atomic mass is 35.5. The quantitative estimate of drug-likeness (QED) is 0.919. The Morgan fingerprint density at radius 1 is 1.33 bits per heavy atom. The van der Waals surface area contributed by atoms with Crippen LogP contribution < -0.4 is 5.32 Å². The largest absolute Gasteiger partial charge is 0.344 e. The second-order valence-corrected chi connectivity index (χ2v) is 4.09. The molecule has 0 saturated heterocycles. The number of nitrogens with zero attached hydrogens (tertiary/aromatic N) is 3. The van der Waals surface area contributed by atoms with Gasteiger partial charge in [-0.2, -0.15) is 0 Å². The lowest BCUT2D eigenvalue weighted by molar-refractivity contribution is 0.0934. The molecule has 1 unspecified atom stereocenters. The Morgan fingerprint density at radius 2 is 2.17 bits per heavy atom. The summed E-state index contributed by atoms with van der Waals surface area (Å²) in [5, 5.41) is 3.06. The molecule has 0 aliphatic heterocycles. The number of halogens is 1. The van der Waals surface area contributed by atoms with Crippen molar-refractivity contribution in [3.05, 3.63) is 53.3 Å². The van der Waals surface area contributed by atoms with E-state index in [0.717, 1.165) is 5.56 Å². The fraction of sp³-hybridized carbons (Fsp3) is 0.167. The van der Waals surface area contributed by atoms with Crippen molar-refractivity contribution in [2.24, 2.45) is 0 Å². The van der Waals surface area contributed by atoms with Crippen molar-refractivity contribution in [3.8, 4) is 0 Å². The van der Waals surface area contributed by atoms with Gasteiger partial charge in [-0.25, -0.2) is 9.97 Å². The summed E-state index contributed by atoms with van der Waals surface area (Å²) in [6.07, 6.45) is 6.07. The van der Waals surface area contributed by atoms with E-state index < -0.39 is 0 Å². The Kier molecular flexibility index (Phi) is 3.84. The van der Waals surface area contributed by atoms with Gasteiger partial charge in [0.05, 0.1) is 18.4 Å². The summed E-state index contributed by atoms with van der Waals surface area (Å²) >= 11 is 5.60. The first-order chi connectivity index (χ1) is 8.66. The lowest BCUT2D eigenvalue weighted by atomic mass is 10.1. The molecule has 0 saturated carbocycles. The van der Waals surface area contributed by atoms with Crippen LogP contribution in [0.4, 0.5) is 0 Å². The van der Waals surface area contributed by atoms with Gasteiger partial charge in [-0.15, -0.1) is 0 Å². The zero-order valence-corrected chi connectivity index (χ0v) is 10.4. The molecule has 2 aromatic rings. The average molecular weight is 263 g/mol. The van der Waals surface area contributed by atoms with Crippen LogP contribution in [-0.4, -0.2) is 20.9 Å². The summed E-state index contributed by atoms with van der Waals surface area (Å²) in [5.74, 6) is -0.296. The molecule has 0 aromatic carbocycles. The maximum Gasteiger partial charge on any atom is 0.271 e. The summed E-state index contributed by atoms with van der Waals surface area (Å²) < 4.78 is 0. The molecule has 0 radical (unpaired) electrons. The lowest BCUT2D eigenvalue weighted by Crippen LogP contribution is -2.27. The van der Waals surface area contributed by atoms with Gasteiger partial charge in [0.25, 0.3) is 5.91 Å². The van der Waals surface area contributed by atoms with Crippen LogP contribution in [0.1, 0.15) is 29.0 Å². The van der Waals surface area contributed by atoms with Gasteiger partial charge in [0.2, 0.25) is 0 Å². The third kappa shape index (κ3) is 3.01. The van der Waals surface area contributed by atoms with E-state index >= 15 is 0 Å². The van der Waals surface area contributed by atoms with Crippen LogP contribution >= 0.6 is 11.6 Å². The maximum atomic E-state index is 11.9. The molecule has 0 fully saturated rings. The molecular formula is C12H11ClN4O. The minimum Gasteiger partial charge on any atom is -0.344 e. The molecule has 0 aliphatic carbocycles. The second-order valence-electron chi connectivity index (χ2n) is 3.71. The topological polar surface area (TPSA) is 67.8 Å². The summed E-state index contributed by atoms with van der Waals surface area (Å²) in [4.78, 5) is 23.6. The third-order valence-corrected chi connectivity index (χ3v) is 2.58. The van der Waals surface area contributed by atoms with Gasteiger partial charge in [-0.3, -0.25) is 9.78 Å². The van der Waals surface area contributed by atoms with Gasteiger partial charge in [0.1, 0.15) is 10.8 Å². The molecule has 92 valence electrons. The first-order valence-corrected chi connectivity index (χ1v) is 5.73. The van der Waals surface area contributed by atoms with Crippen LogP contribution in [0.2, 0.25) is 5.15 Å². The molecule has 6 heteroatoms. The average Bonchev–Trinajstić information content (AvgIpc) is 2.40. The Morgan fingerprint density at radius 3 is 2.78 bits per heavy atom. The number of carbonyl (C=O) groups is 1. The molecule has 0 spiro atoms. The molecular weight excluding hydrogens is 252 g/mol. The minimum absolute atomic E-state index is 0.149. The van der Waals surface area contributed by atoms with Crippen molar-refractivity contribution < 1.29 is 4.79 Å². The first-order valence-electron chi connectivity index (χ1n) is 5.35. The smallest absolute Gasteiger partial charge is 0.271 e. The second kappa shape index (κ2) is 5.55. The van der Waals surface area contributed by atoms with E-state index in [1.54, 1.807) is 12.4 Å². The number of aromatic nitrogens is 3. The van der Waals surface area contributed by atoms with E-state index in [2.05, 4.69) is 20.3 Å². The van der Waals surface area contributed by atoms with Crippen LogP contribution in [-0.2, 0) is 0 Å². The van der Waals surface area contributed by atoms with Crippen molar-refractivity contribution in [3.63, 3.8) is 0 Å². The fourth-order valence-corrected chi connectivity index (χ4v) is 1.51. The van der Waals surface area contributed by atoms with E-state index in [9.17, 15) is 4.79 Å². The monoisotopic (exact) mass is 262 g/mol. The van der Waals surface area contributed by atoms with Gasteiger partial charge in [0.15, 0.2) is 0 Å². The summed E-state index contributed by atoms with van der Waals surface area (Å²) in [7, 11) is 0. The van der Waals surface area contributed by atoms with Crippen molar-refractivity contribution >= 4 is 17.5 Å². The molecule has 0 bridgehead atoms. The van der Waals surface area contributed by atoms with E-state index in [0.29, 0.717) is 0 Å². The predicted molar refractivity (Wildman–Crippen MR) is 67.2 cm³/mol. The van der Waals surface area contributed by atoms with Crippen molar-refractivity contribution in [2.75, 3.05) is 0 Å². The van der Waals surface area contributed by atoms with Gasteiger partial charge in [0, 0.05) is 12.4 Å². The Labute approximate surface area is 109 Å². The molecule has 1 amide bonds. The number of carbonyl (C=O) groups excluding carboxylic acids is 1. The van der Waals surface area contributed by atoms with Gasteiger partial charge < -0.3 is 5.32 Å². The minimum atomic E-state index is -0.296. The zero-order valence-electron chi connectivity index (χ0n) is 9.67. The fourth-order valence-electron chi connectivity index (χ4n) is 1.42. The van der Waals surface area contributed by atoms with Gasteiger partial charge >= 0.3 is 0 Å². The molecule has 5 nitrogen and oxygen atoms in total. The highest BCUT2D eigenvalue weighted by Crippen LogP contribution is 2.10. The number of pyridine rings is 1. The van der Waals surface area contributed by atoms with E-state index in [-0.39, 0.29) is 22.8 Å². The molecule has 2 heterocycles. The molecule has 1 N–H and O–H groups in total. The number of amides is 1. The van der Waals surface area contributed by atoms with Crippen molar-refractivity contribution in [1.29, 1.82) is 0 Å². The summed E-state index contributed by atoms with van der Waals surface area (Å²) in [5.41, 5.74) is 1.16. The number of hydrogen-bond acceptors (Lipinski definition) is 4. The predicted octanol–water partition coefficient (Wildman–Crippen LogP) is 2.02. The van der Waals surface area contributed by atoms with Crippen LogP contribution in [0.5, 0.6) is 0 Å². The first kappa shape index (κ1) is 12.4. The molecule has 1 atom stereocenters. The highest BCUT2D eigenvalue weighted by molar-refractivity contribution is 6.29. The Hall–Kier alpha value is -2.01. The van der Waals surface area contributed by atoms with Crippen molar-refractivity contribution in [2.45, 2.75) is 13.0 Å². The van der Waals surface area contributed by atoms with Gasteiger partial charge in [-0.1, -0.05) is 17.7 Å². The zero-order chi connectivity index (χ0) is 13.0. The van der Waals surface area contributed by atoms with E-state index in [1.807, 2.05) is 19.1 Å². The molecule has 18 heavy (non-hydrogen) atoms. The number of rotatable bonds is 3. The SMILES string of the molecule is CC(NC(=O)c1cnc(Cl)cn1)c1cccnc1. The Balaban J connectivity index is 2.06. The normalized spacial score (nSPS) is 11.9. The summed E-state index contributed by atoms with van der Waals surface area (Å²) in [6.45, 7) is 1.87. The third-order valence-electron chi connectivity index (χ3n) is 2.38. The van der Waals surface area contributed by atoms with Crippen molar-refractivity contribution in [1.82, 2.24) is 20.3 Å². The van der Waals surface area contributed by atoms with Gasteiger partial charge in [-0.05, 0) is 18.6 Å². The number of hydrogen-bond donors (Lipinski definition) is 1. The van der Waals surface area contributed by atoms with Crippen LogP contribution in [0.3, 0.4) is 0 Å². The standard InChI is InChI=1S/C12H11ClN4O/c1-8(9-3-2-4-14-5-9)17-12(18)10-6-16-11(13)7-15-10/h2-8H,1H3,(H,17,18). The molecule has 0 aliphatic rings. The van der Waals surface area contributed by atoms with E-state index in [4.69, 9.17) is 11.6 Å².